The van der Waals surface area contributed by atoms with E-state index >= 15 is 0 Å². The fraction of sp³-hybridized carbons (Fsp3) is 0.647. The van der Waals surface area contributed by atoms with E-state index in [1.807, 2.05) is 0 Å². The van der Waals surface area contributed by atoms with E-state index in [2.05, 4.69) is 6.92 Å². The monoisotopic (exact) mass is 291 g/mol. The first-order chi connectivity index (χ1) is 9.90. The number of rotatable bonds is 4. The van der Waals surface area contributed by atoms with Crippen LogP contribution >= 0.6 is 0 Å². The number of pyridine rings is 1. The molecule has 1 aliphatic rings. The maximum Gasteiger partial charge on any atom is 0.337 e. The highest BCUT2D eigenvalue weighted by atomic mass is 16.4. The summed E-state index contributed by atoms with van der Waals surface area (Å²) in [5.41, 5.74) is 1.32. The summed E-state index contributed by atoms with van der Waals surface area (Å²) in [7, 11) is 0. The zero-order chi connectivity index (χ0) is 15.6. The fourth-order valence-electron chi connectivity index (χ4n) is 3.45. The van der Waals surface area contributed by atoms with Crippen molar-refractivity contribution < 1.29 is 9.90 Å². The lowest BCUT2D eigenvalue weighted by atomic mass is 9.81. The summed E-state index contributed by atoms with van der Waals surface area (Å²) < 4.78 is 1.63. The van der Waals surface area contributed by atoms with Crippen LogP contribution in [0.2, 0.25) is 0 Å². The van der Waals surface area contributed by atoms with Crippen LogP contribution in [0.15, 0.2) is 10.9 Å². The van der Waals surface area contributed by atoms with Gasteiger partial charge in [-0.3, -0.25) is 4.79 Å². The van der Waals surface area contributed by atoms with Crippen molar-refractivity contribution in [3.63, 3.8) is 0 Å². The van der Waals surface area contributed by atoms with Crippen LogP contribution in [-0.2, 0) is 6.54 Å². The lowest BCUT2D eigenvalue weighted by molar-refractivity contribution is 0.0694. The van der Waals surface area contributed by atoms with Crippen LogP contribution < -0.4 is 5.56 Å². The molecule has 21 heavy (non-hydrogen) atoms. The van der Waals surface area contributed by atoms with Gasteiger partial charge in [0, 0.05) is 18.3 Å². The summed E-state index contributed by atoms with van der Waals surface area (Å²) in [6.45, 7) is 6.35. The number of carbonyl (C=O) groups is 1. The van der Waals surface area contributed by atoms with Gasteiger partial charge in [-0.2, -0.15) is 0 Å². The molecule has 116 valence electrons. The highest BCUT2D eigenvalue weighted by Crippen LogP contribution is 2.30. The molecule has 1 aromatic rings. The fourth-order valence-corrected chi connectivity index (χ4v) is 3.45. The smallest absolute Gasteiger partial charge is 0.337 e. The highest BCUT2D eigenvalue weighted by Gasteiger charge is 2.20. The van der Waals surface area contributed by atoms with Crippen molar-refractivity contribution in [3.8, 4) is 0 Å². The molecule has 0 amide bonds. The molecule has 0 unspecified atom stereocenters. The molecular weight excluding hydrogens is 266 g/mol. The Hall–Kier alpha value is -1.58. The summed E-state index contributed by atoms with van der Waals surface area (Å²) in [6.07, 6.45) is 5.97. The molecule has 0 spiro atoms. The van der Waals surface area contributed by atoms with E-state index < -0.39 is 5.97 Å². The first kappa shape index (κ1) is 15.8. The van der Waals surface area contributed by atoms with Crippen molar-refractivity contribution in [2.45, 2.75) is 59.4 Å². The third kappa shape index (κ3) is 3.55. The van der Waals surface area contributed by atoms with Crippen molar-refractivity contribution in [3.05, 3.63) is 33.2 Å². The van der Waals surface area contributed by atoms with Crippen LogP contribution in [0.1, 0.15) is 60.6 Å². The maximum atomic E-state index is 12.1. The number of aromatic carboxylic acids is 1. The summed E-state index contributed by atoms with van der Waals surface area (Å²) in [5, 5.41) is 9.29. The number of carboxylic acid groups (broad SMARTS) is 1. The Morgan fingerprint density at radius 3 is 2.48 bits per heavy atom. The van der Waals surface area contributed by atoms with Crippen molar-refractivity contribution in [2.75, 3.05) is 0 Å². The summed E-state index contributed by atoms with van der Waals surface area (Å²) in [5.74, 6) is 0.538. The normalized spacial score (nSPS) is 22.2. The zero-order valence-corrected chi connectivity index (χ0v) is 13.2. The third-order valence-corrected chi connectivity index (χ3v) is 4.88. The van der Waals surface area contributed by atoms with Gasteiger partial charge in [-0.1, -0.05) is 32.6 Å². The van der Waals surface area contributed by atoms with Gasteiger partial charge in [0.2, 0.25) is 0 Å². The maximum absolute atomic E-state index is 12.1. The average Bonchev–Trinajstić information content (AvgIpc) is 2.39. The van der Waals surface area contributed by atoms with Crippen LogP contribution in [0.25, 0.3) is 0 Å². The van der Waals surface area contributed by atoms with Crippen LogP contribution in [0.3, 0.4) is 0 Å². The van der Waals surface area contributed by atoms with E-state index in [0.717, 1.165) is 12.3 Å². The second-order valence-corrected chi connectivity index (χ2v) is 6.50. The number of nitrogens with zero attached hydrogens (tertiary/aromatic N) is 1. The lowest BCUT2D eigenvalue weighted by Crippen LogP contribution is -2.27. The molecule has 0 bridgehead atoms. The minimum atomic E-state index is -0.953. The summed E-state index contributed by atoms with van der Waals surface area (Å²) >= 11 is 0. The van der Waals surface area contributed by atoms with Gasteiger partial charge in [0.15, 0.2) is 0 Å². The molecule has 4 nitrogen and oxygen atoms in total. The number of aryl methyl sites for hydroxylation is 1. The topological polar surface area (TPSA) is 59.3 Å². The zero-order valence-electron chi connectivity index (χ0n) is 13.2. The predicted molar refractivity (Wildman–Crippen MR) is 82.9 cm³/mol. The minimum absolute atomic E-state index is 0.0841. The Morgan fingerprint density at radius 1 is 1.29 bits per heavy atom. The van der Waals surface area contributed by atoms with Gasteiger partial charge in [-0.25, -0.2) is 4.79 Å². The van der Waals surface area contributed by atoms with E-state index in [1.165, 1.54) is 31.7 Å². The van der Waals surface area contributed by atoms with Gasteiger partial charge >= 0.3 is 5.97 Å². The van der Waals surface area contributed by atoms with Crippen molar-refractivity contribution in [1.82, 2.24) is 4.57 Å². The average molecular weight is 291 g/mol. The van der Waals surface area contributed by atoms with E-state index in [0.29, 0.717) is 23.7 Å². The number of aromatic nitrogens is 1. The van der Waals surface area contributed by atoms with Gasteiger partial charge in [-0.05, 0) is 37.7 Å². The summed E-state index contributed by atoms with van der Waals surface area (Å²) in [4.78, 5) is 23.5. The van der Waals surface area contributed by atoms with Crippen molar-refractivity contribution >= 4 is 5.97 Å². The molecular formula is C17H25NO3. The first-order valence-electron chi connectivity index (χ1n) is 7.84. The Balaban J connectivity index is 2.15. The van der Waals surface area contributed by atoms with Gasteiger partial charge in [0.1, 0.15) is 0 Å². The highest BCUT2D eigenvalue weighted by molar-refractivity contribution is 5.90. The van der Waals surface area contributed by atoms with Gasteiger partial charge < -0.3 is 9.67 Å². The standard InChI is InChI=1S/C17H25NO3/c1-11-4-6-14(7-5-11)8-9-18-13(3)16(17(20)21)12(2)10-15(18)19/h10-11,14H,4-9H2,1-3H3,(H,20,21). The van der Waals surface area contributed by atoms with Gasteiger partial charge in [0.25, 0.3) is 5.56 Å². The molecule has 1 fully saturated rings. The van der Waals surface area contributed by atoms with Crippen LogP contribution in [0.4, 0.5) is 0 Å². The molecule has 1 N–H and O–H groups in total. The predicted octanol–water partition coefficient (Wildman–Crippen LogP) is 3.38. The molecule has 1 aliphatic carbocycles. The van der Waals surface area contributed by atoms with E-state index in [4.69, 9.17) is 0 Å². The molecule has 0 atom stereocenters. The van der Waals surface area contributed by atoms with Crippen LogP contribution in [-0.4, -0.2) is 15.6 Å². The molecule has 0 saturated heterocycles. The lowest BCUT2D eigenvalue weighted by Gasteiger charge is -2.26. The third-order valence-electron chi connectivity index (χ3n) is 4.88. The van der Waals surface area contributed by atoms with Crippen molar-refractivity contribution in [2.24, 2.45) is 11.8 Å². The second kappa shape index (κ2) is 6.46. The Kier molecular flexibility index (Phi) is 4.86. The molecule has 2 rings (SSSR count). The minimum Gasteiger partial charge on any atom is -0.478 e. The molecule has 1 saturated carbocycles. The molecule has 1 heterocycles. The number of carboxylic acids is 1. The Labute approximate surface area is 125 Å². The van der Waals surface area contributed by atoms with Crippen LogP contribution in [0, 0.1) is 25.7 Å². The molecule has 0 radical (unpaired) electrons. The molecule has 1 aromatic heterocycles. The number of hydrogen-bond donors (Lipinski definition) is 1. The molecule has 0 aliphatic heterocycles. The van der Waals surface area contributed by atoms with Crippen LogP contribution in [0.5, 0.6) is 0 Å². The van der Waals surface area contributed by atoms with E-state index in [9.17, 15) is 14.7 Å². The number of hydrogen-bond acceptors (Lipinski definition) is 2. The quantitative estimate of drug-likeness (QED) is 0.925. The largest absolute Gasteiger partial charge is 0.478 e. The van der Waals surface area contributed by atoms with E-state index in [1.54, 1.807) is 18.4 Å². The Bertz CT molecular complexity index is 580. The first-order valence-corrected chi connectivity index (χ1v) is 7.84. The van der Waals surface area contributed by atoms with Gasteiger partial charge in [-0.15, -0.1) is 0 Å². The second-order valence-electron chi connectivity index (χ2n) is 6.50. The SMILES string of the molecule is Cc1cc(=O)n(CCC2CCC(C)CC2)c(C)c1C(=O)O. The Morgan fingerprint density at radius 2 is 1.90 bits per heavy atom. The molecule has 4 heteroatoms. The summed E-state index contributed by atoms with van der Waals surface area (Å²) in [6, 6.07) is 1.44. The van der Waals surface area contributed by atoms with Crippen molar-refractivity contribution in [1.29, 1.82) is 0 Å². The molecule has 0 aromatic carbocycles. The van der Waals surface area contributed by atoms with Gasteiger partial charge in [0.05, 0.1) is 5.56 Å². The van der Waals surface area contributed by atoms with E-state index in [-0.39, 0.29) is 11.1 Å².